The highest BCUT2D eigenvalue weighted by Crippen LogP contribution is 2.35. The average molecular weight is 296 g/mol. The van der Waals surface area contributed by atoms with E-state index in [1.54, 1.807) is 0 Å². The van der Waals surface area contributed by atoms with Crippen LogP contribution in [-0.4, -0.2) is 42.8 Å². The van der Waals surface area contributed by atoms with Gasteiger partial charge in [-0.15, -0.1) is 0 Å². The van der Waals surface area contributed by atoms with E-state index in [0.717, 1.165) is 43.8 Å². The Kier molecular flexibility index (Phi) is 5.53. The van der Waals surface area contributed by atoms with Gasteiger partial charge in [-0.05, 0) is 78.2 Å². The molecule has 2 rings (SSSR count). The number of amides is 1. The van der Waals surface area contributed by atoms with Crippen LogP contribution < -0.4 is 5.32 Å². The Labute approximate surface area is 129 Å². The van der Waals surface area contributed by atoms with E-state index in [-0.39, 0.29) is 11.7 Å². The summed E-state index contributed by atoms with van der Waals surface area (Å²) in [6.07, 6.45) is 7.48. The minimum atomic E-state index is -0.389. The lowest BCUT2D eigenvalue weighted by Gasteiger charge is -2.39. The largest absolute Gasteiger partial charge is 0.444 e. The minimum absolute atomic E-state index is 0.139. The third-order valence-corrected chi connectivity index (χ3v) is 5.04. The topological polar surface area (TPSA) is 41.6 Å². The molecule has 2 aliphatic rings. The maximum atomic E-state index is 12.1. The zero-order valence-corrected chi connectivity index (χ0v) is 14.2. The summed E-state index contributed by atoms with van der Waals surface area (Å²) >= 11 is 0. The fourth-order valence-electron chi connectivity index (χ4n) is 3.76. The second-order valence-electron chi connectivity index (χ2n) is 7.71. The van der Waals surface area contributed by atoms with Crippen LogP contribution in [0, 0.1) is 11.8 Å². The molecule has 4 heteroatoms. The molecule has 0 unspecified atom stereocenters. The number of piperidine rings is 1. The fraction of sp³-hybridized carbons (Fsp3) is 0.941. The third kappa shape index (κ3) is 4.87. The standard InChI is InChI=1S/C17H32N2O2/c1-17(2,3)21-16(20)19-11-9-14(10-12-19)13-5-7-15(18-4)8-6-13/h13-15,18H,5-12H2,1-4H3. The quantitative estimate of drug-likeness (QED) is 0.849. The van der Waals surface area contributed by atoms with Gasteiger partial charge in [0.25, 0.3) is 0 Å². The Morgan fingerprint density at radius 1 is 1.00 bits per heavy atom. The number of carbonyl (C=O) groups excluding carboxylic acids is 1. The maximum Gasteiger partial charge on any atom is 0.410 e. The van der Waals surface area contributed by atoms with Gasteiger partial charge in [-0.25, -0.2) is 4.79 Å². The zero-order chi connectivity index (χ0) is 15.5. The first kappa shape index (κ1) is 16.6. The Morgan fingerprint density at radius 2 is 1.52 bits per heavy atom. The molecule has 0 spiro atoms. The lowest BCUT2D eigenvalue weighted by Crippen LogP contribution is -2.43. The third-order valence-electron chi connectivity index (χ3n) is 5.04. The van der Waals surface area contributed by atoms with Gasteiger partial charge in [0, 0.05) is 19.1 Å². The van der Waals surface area contributed by atoms with Gasteiger partial charge in [-0.1, -0.05) is 0 Å². The van der Waals surface area contributed by atoms with Gasteiger partial charge >= 0.3 is 6.09 Å². The molecule has 0 bridgehead atoms. The van der Waals surface area contributed by atoms with E-state index in [9.17, 15) is 4.79 Å². The van der Waals surface area contributed by atoms with Crippen molar-refractivity contribution in [2.45, 2.75) is 70.9 Å². The van der Waals surface area contributed by atoms with E-state index in [1.165, 1.54) is 25.7 Å². The van der Waals surface area contributed by atoms with Gasteiger partial charge in [0.15, 0.2) is 0 Å². The van der Waals surface area contributed by atoms with E-state index in [2.05, 4.69) is 12.4 Å². The van der Waals surface area contributed by atoms with Gasteiger partial charge < -0.3 is 15.0 Å². The highest BCUT2D eigenvalue weighted by atomic mass is 16.6. The molecule has 1 amide bonds. The zero-order valence-electron chi connectivity index (χ0n) is 14.2. The second kappa shape index (κ2) is 6.99. The van der Waals surface area contributed by atoms with Crippen molar-refractivity contribution >= 4 is 6.09 Å². The minimum Gasteiger partial charge on any atom is -0.444 e. The molecule has 0 aromatic heterocycles. The Hall–Kier alpha value is -0.770. The molecular formula is C17H32N2O2. The van der Waals surface area contributed by atoms with Gasteiger partial charge in [0.1, 0.15) is 5.60 Å². The van der Waals surface area contributed by atoms with Crippen LogP contribution in [0.25, 0.3) is 0 Å². The van der Waals surface area contributed by atoms with Gasteiger partial charge in [-0.2, -0.15) is 0 Å². The summed E-state index contributed by atoms with van der Waals surface area (Å²) in [5, 5.41) is 3.40. The number of nitrogens with one attached hydrogen (secondary N) is 1. The van der Waals surface area contributed by atoms with Crippen molar-refractivity contribution in [1.29, 1.82) is 0 Å². The van der Waals surface area contributed by atoms with Crippen molar-refractivity contribution in [1.82, 2.24) is 10.2 Å². The molecule has 1 saturated carbocycles. The van der Waals surface area contributed by atoms with E-state index in [4.69, 9.17) is 4.74 Å². The molecule has 1 saturated heterocycles. The van der Waals surface area contributed by atoms with Crippen molar-refractivity contribution in [3.05, 3.63) is 0 Å². The maximum absolute atomic E-state index is 12.1. The first-order valence-electron chi connectivity index (χ1n) is 8.54. The molecule has 1 N–H and O–H groups in total. The van der Waals surface area contributed by atoms with Gasteiger partial charge in [0.2, 0.25) is 0 Å². The Morgan fingerprint density at radius 3 is 2.00 bits per heavy atom. The number of nitrogens with zero attached hydrogens (tertiary/aromatic N) is 1. The summed E-state index contributed by atoms with van der Waals surface area (Å²) in [6.45, 7) is 7.52. The summed E-state index contributed by atoms with van der Waals surface area (Å²) in [5.41, 5.74) is -0.389. The van der Waals surface area contributed by atoms with E-state index < -0.39 is 0 Å². The van der Waals surface area contributed by atoms with Crippen molar-refractivity contribution in [3.63, 3.8) is 0 Å². The molecule has 4 nitrogen and oxygen atoms in total. The van der Waals surface area contributed by atoms with Crippen molar-refractivity contribution < 1.29 is 9.53 Å². The van der Waals surface area contributed by atoms with E-state index in [0.29, 0.717) is 0 Å². The van der Waals surface area contributed by atoms with Gasteiger partial charge in [0.05, 0.1) is 0 Å². The summed E-state index contributed by atoms with van der Waals surface area (Å²) in [5.74, 6) is 1.68. The number of ether oxygens (including phenoxy) is 1. The van der Waals surface area contributed by atoms with Crippen LogP contribution in [0.5, 0.6) is 0 Å². The highest BCUT2D eigenvalue weighted by Gasteiger charge is 2.32. The van der Waals surface area contributed by atoms with Crippen LogP contribution in [0.2, 0.25) is 0 Å². The molecule has 21 heavy (non-hydrogen) atoms. The predicted molar refractivity (Wildman–Crippen MR) is 85.3 cm³/mol. The lowest BCUT2D eigenvalue weighted by molar-refractivity contribution is 0.0146. The number of likely N-dealkylation sites (tertiary alicyclic amines) is 1. The number of hydrogen-bond acceptors (Lipinski definition) is 3. The fourth-order valence-corrected chi connectivity index (χ4v) is 3.76. The molecule has 0 aromatic rings. The lowest BCUT2D eigenvalue weighted by atomic mass is 9.74. The molecule has 0 atom stereocenters. The molecule has 0 aromatic carbocycles. The number of carbonyl (C=O) groups is 1. The molecular weight excluding hydrogens is 264 g/mol. The highest BCUT2D eigenvalue weighted by molar-refractivity contribution is 5.68. The SMILES string of the molecule is CNC1CCC(C2CCN(C(=O)OC(C)(C)C)CC2)CC1. The monoisotopic (exact) mass is 296 g/mol. The van der Waals surface area contributed by atoms with Crippen LogP contribution in [0.1, 0.15) is 59.3 Å². The smallest absolute Gasteiger partial charge is 0.410 e. The molecule has 122 valence electrons. The van der Waals surface area contributed by atoms with Crippen LogP contribution >= 0.6 is 0 Å². The summed E-state index contributed by atoms with van der Waals surface area (Å²) in [7, 11) is 2.07. The van der Waals surface area contributed by atoms with Crippen molar-refractivity contribution in [2.75, 3.05) is 20.1 Å². The number of rotatable bonds is 2. The van der Waals surface area contributed by atoms with Crippen LogP contribution in [0.4, 0.5) is 4.79 Å². The van der Waals surface area contributed by atoms with Crippen LogP contribution in [-0.2, 0) is 4.74 Å². The predicted octanol–water partition coefficient (Wildman–Crippen LogP) is 3.41. The Balaban J connectivity index is 1.75. The molecule has 1 aliphatic heterocycles. The molecule has 2 fully saturated rings. The number of hydrogen-bond donors (Lipinski definition) is 1. The first-order chi connectivity index (χ1) is 9.89. The molecule has 1 heterocycles. The molecule has 0 radical (unpaired) electrons. The normalized spacial score (nSPS) is 28.5. The van der Waals surface area contributed by atoms with Crippen molar-refractivity contribution in [3.8, 4) is 0 Å². The summed E-state index contributed by atoms with van der Waals surface area (Å²) in [4.78, 5) is 14.0. The van der Waals surface area contributed by atoms with E-state index in [1.807, 2.05) is 25.7 Å². The van der Waals surface area contributed by atoms with Crippen LogP contribution in [0.15, 0.2) is 0 Å². The Bertz CT molecular complexity index is 335. The van der Waals surface area contributed by atoms with Crippen molar-refractivity contribution in [2.24, 2.45) is 11.8 Å². The summed E-state index contributed by atoms with van der Waals surface area (Å²) < 4.78 is 5.47. The van der Waals surface area contributed by atoms with Crippen LogP contribution in [0.3, 0.4) is 0 Å². The molecule has 1 aliphatic carbocycles. The summed E-state index contributed by atoms with van der Waals surface area (Å²) in [6, 6.07) is 0.725. The van der Waals surface area contributed by atoms with E-state index >= 15 is 0 Å². The van der Waals surface area contributed by atoms with Gasteiger partial charge in [-0.3, -0.25) is 0 Å². The average Bonchev–Trinajstić information content (AvgIpc) is 2.46. The second-order valence-corrected chi connectivity index (χ2v) is 7.71. The first-order valence-corrected chi connectivity index (χ1v) is 8.54.